The summed E-state index contributed by atoms with van der Waals surface area (Å²) < 4.78 is 5.53. The standard InChI is InChI=1S/C15H30N2O/c1-12-6-4-5-7-14(12)17(2)15(10-16,11-18-3)13-8-9-13/h12-14H,4-11,16H2,1-3H3. The average Bonchev–Trinajstić information content (AvgIpc) is 3.20. The fraction of sp³-hybridized carbons (Fsp3) is 1.00. The molecule has 2 rings (SSSR count). The van der Waals surface area contributed by atoms with Gasteiger partial charge in [0.25, 0.3) is 0 Å². The molecule has 0 aliphatic heterocycles. The first kappa shape index (κ1) is 14.3. The maximum Gasteiger partial charge on any atom is 0.0661 e. The van der Waals surface area contributed by atoms with Crippen LogP contribution < -0.4 is 5.73 Å². The van der Waals surface area contributed by atoms with E-state index in [0.717, 1.165) is 25.0 Å². The highest BCUT2D eigenvalue weighted by Gasteiger charge is 2.49. The van der Waals surface area contributed by atoms with Crippen LogP contribution in [-0.2, 0) is 4.74 Å². The van der Waals surface area contributed by atoms with E-state index >= 15 is 0 Å². The van der Waals surface area contributed by atoms with Crippen molar-refractivity contribution in [2.45, 2.75) is 57.0 Å². The summed E-state index contributed by atoms with van der Waals surface area (Å²) in [7, 11) is 4.10. The molecule has 0 aromatic rings. The molecule has 0 amide bonds. The van der Waals surface area contributed by atoms with Gasteiger partial charge >= 0.3 is 0 Å². The minimum absolute atomic E-state index is 0.0883. The van der Waals surface area contributed by atoms with Gasteiger partial charge < -0.3 is 10.5 Å². The summed E-state index contributed by atoms with van der Waals surface area (Å²) in [6.45, 7) is 3.92. The van der Waals surface area contributed by atoms with E-state index in [-0.39, 0.29) is 5.54 Å². The van der Waals surface area contributed by atoms with Crippen LogP contribution in [0, 0.1) is 11.8 Å². The Kier molecular flexibility index (Phi) is 4.68. The molecule has 2 N–H and O–H groups in total. The minimum atomic E-state index is 0.0883. The van der Waals surface area contributed by atoms with Crippen LogP contribution in [0.4, 0.5) is 0 Å². The topological polar surface area (TPSA) is 38.5 Å². The van der Waals surface area contributed by atoms with E-state index in [0.29, 0.717) is 6.04 Å². The van der Waals surface area contributed by atoms with E-state index in [1.165, 1.54) is 38.5 Å². The Morgan fingerprint density at radius 2 is 1.89 bits per heavy atom. The van der Waals surface area contributed by atoms with E-state index in [1.54, 1.807) is 0 Å². The van der Waals surface area contributed by atoms with Crippen molar-refractivity contribution in [2.75, 3.05) is 27.3 Å². The molecule has 0 bridgehead atoms. The molecule has 2 saturated carbocycles. The normalized spacial score (nSPS) is 32.5. The molecule has 3 nitrogen and oxygen atoms in total. The quantitative estimate of drug-likeness (QED) is 0.790. The van der Waals surface area contributed by atoms with E-state index in [1.807, 2.05) is 7.11 Å². The Morgan fingerprint density at radius 1 is 1.22 bits per heavy atom. The van der Waals surface area contributed by atoms with E-state index in [9.17, 15) is 0 Å². The molecule has 3 heteroatoms. The number of hydrogen-bond acceptors (Lipinski definition) is 3. The molecule has 3 atom stereocenters. The van der Waals surface area contributed by atoms with Crippen molar-refractivity contribution in [1.82, 2.24) is 4.90 Å². The van der Waals surface area contributed by atoms with Gasteiger partial charge in [0.05, 0.1) is 12.1 Å². The van der Waals surface area contributed by atoms with Crippen molar-refractivity contribution in [3.8, 4) is 0 Å². The zero-order valence-corrected chi connectivity index (χ0v) is 12.3. The molecule has 0 aromatic heterocycles. The van der Waals surface area contributed by atoms with Crippen molar-refractivity contribution in [3.63, 3.8) is 0 Å². The number of methoxy groups -OCH3 is 1. The number of rotatable bonds is 6. The van der Waals surface area contributed by atoms with Crippen LogP contribution in [0.1, 0.15) is 45.4 Å². The Hall–Kier alpha value is -0.120. The van der Waals surface area contributed by atoms with Gasteiger partial charge in [0.1, 0.15) is 0 Å². The largest absolute Gasteiger partial charge is 0.383 e. The highest BCUT2D eigenvalue weighted by molar-refractivity contribution is 5.05. The van der Waals surface area contributed by atoms with Crippen molar-refractivity contribution in [3.05, 3.63) is 0 Å². The highest BCUT2D eigenvalue weighted by atomic mass is 16.5. The summed E-state index contributed by atoms with van der Waals surface area (Å²) in [6, 6.07) is 0.693. The van der Waals surface area contributed by atoms with Gasteiger partial charge in [0, 0.05) is 19.7 Å². The van der Waals surface area contributed by atoms with Crippen LogP contribution in [0.2, 0.25) is 0 Å². The maximum atomic E-state index is 6.17. The van der Waals surface area contributed by atoms with Gasteiger partial charge in [0.15, 0.2) is 0 Å². The first-order valence-electron chi connectivity index (χ1n) is 7.57. The van der Waals surface area contributed by atoms with Crippen molar-refractivity contribution >= 4 is 0 Å². The van der Waals surface area contributed by atoms with E-state index in [2.05, 4.69) is 18.9 Å². The molecule has 0 heterocycles. The van der Waals surface area contributed by atoms with Gasteiger partial charge in [-0.3, -0.25) is 4.90 Å². The second kappa shape index (κ2) is 5.89. The summed E-state index contributed by atoms with van der Waals surface area (Å²) in [6.07, 6.45) is 8.12. The Balaban J connectivity index is 2.13. The van der Waals surface area contributed by atoms with Crippen LogP contribution in [0.3, 0.4) is 0 Å². The van der Waals surface area contributed by atoms with Gasteiger partial charge in [-0.25, -0.2) is 0 Å². The second-order valence-corrected chi connectivity index (χ2v) is 6.45. The molecule has 2 aliphatic rings. The maximum absolute atomic E-state index is 6.17. The summed E-state index contributed by atoms with van der Waals surface area (Å²) in [5.74, 6) is 1.55. The monoisotopic (exact) mass is 254 g/mol. The van der Waals surface area contributed by atoms with Gasteiger partial charge in [-0.2, -0.15) is 0 Å². The highest BCUT2D eigenvalue weighted by Crippen LogP contribution is 2.45. The SMILES string of the molecule is COCC(CN)(C1CC1)N(C)C1CCCCC1C. The third-order valence-corrected chi connectivity index (χ3v) is 5.35. The fourth-order valence-corrected chi connectivity index (χ4v) is 3.95. The summed E-state index contributed by atoms with van der Waals surface area (Å²) in [4.78, 5) is 2.60. The Labute approximate surface area is 112 Å². The molecular formula is C15H30N2O. The van der Waals surface area contributed by atoms with Crippen LogP contribution >= 0.6 is 0 Å². The first-order chi connectivity index (χ1) is 8.65. The molecule has 0 radical (unpaired) electrons. The summed E-state index contributed by atoms with van der Waals surface area (Å²) >= 11 is 0. The van der Waals surface area contributed by atoms with Gasteiger partial charge in [-0.1, -0.05) is 19.8 Å². The molecule has 106 valence electrons. The van der Waals surface area contributed by atoms with Crippen LogP contribution in [0.5, 0.6) is 0 Å². The molecular weight excluding hydrogens is 224 g/mol. The number of likely N-dealkylation sites (N-methyl/N-ethyl adjacent to an activating group) is 1. The lowest BCUT2D eigenvalue weighted by Gasteiger charge is -2.48. The van der Waals surface area contributed by atoms with E-state index in [4.69, 9.17) is 10.5 Å². The van der Waals surface area contributed by atoms with Crippen LogP contribution in [0.15, 0.2) is 0 Å². The number of ether oxygens (including phenoxy) is 1. The predicted octanol–water partition coefficient (Wildman–Crippen LogP) is 2.25. The van der Waals surface area contributed by atoms with Crippen LogP contribution in [-0.4, -0.2) is 43.8 Å². The molecule has 0 spiro atoms. The number of nitrogens with zero attached hydrogens (tertiary/aromatic N) is 1. The van der Waals surface area contributed by atoms with Crippen molar-refractivity contribution in [1.29, 1.82) is 0 Å². The van der Waals surface area contributed by atoms with Gasteiger partial charge in [-0.05, 0) is 44.6 Å². The molecule has 0 saturated heterocycles. The van der Waals surface area contributed by atoms with E-state index < -0.39 is 0 Å². The third-order valence-electron chi connectivity index (χ3n) is 5.35. The lowest BCUT2D eigenvalue weighted by molar-refractivity contribution is -0.0317. The molecule has 2 fully saturated rings. The minimum Gasteiger partial charge on any atom is -0.383 e. The fourth-order valence-electron chi connectivity index (χ4n) is 3.95. The second-order valence-electron chi connectivity index (χ2n) is 6.45. The van der Waals surface area contributed by atoms with Crippen molar-refractivity contribution < 1.29 is 4.74 Å². The van der Waals surface area contributed by atoms with Crippen molar-refractivity contribution in [2.24, 2.45) is 17.6 Å². The lowest BCUT2D eigenvalue weighted by Crippen LogP contribution is -2.61. The number of nitrogens with two attached hydrogens (primary N) is 1. The molecule has 3 unspecified atom stereocenters. The third kappa shape index (κ3) is 2.59. The van der Waals surface area contributed by atoms with Gasteiger partial charge in [0.2, 0.25) is 0 Å². The smallest absolute Gasteiger partial charge is 0.0661 e. The number of hydrogen-bond donors (Lipinski definition) is 1. The summed E-state index contributed by atoms with van der Waals surface area (Å²) in [5.41, 5.74) is 6.25. The molecule has 0 aromatic carbocycles. The predicted molar refractivity (Wildman–Crippen MR) is 75.6 cm³/mol. The first-order valence-corrected chi connectivity index (χ1v) is 7.57. The average molecular weight is 254 g/mol. The zero-order valence-electron chi connectivity index (χ0n) is 12.3. The summed E-state index contributed by atoms with van der Waals surface area (Å²) in [5, 5.41) is 0. The Bertz CT molecular complexity index is 267. The molecule has 2 aliphatic carbocycles. The van der Waals surface area contributed by atoms with Gasteiger partial charge in [-0.15, -0.1) is 0 Å². The lowest BCUT2D eigenvalue weighted by atomic mass is 9.81. The molecule has 18 heavy (non-hydrogen) atoms. The Morgan fingerprint density at radius 3 is 2.39 bits per heavy atom. The zero-order chi connectivity index (χ0) is 13.2. The van der Waals surface area contributed by atoms with Crippen LogP contribution in [0.25, 0.3) is 0 Å².